The number of ether oxygens (including phenoxy) is 1. The minimum absolute atomic E-state index is 0.159. The van der Waals surface area contributed by atoms with Crippen molar-refractivity contribution in [1.82, 2.24) is 0 Å². The van der Waals surface area contributed by atoms with Crippen molar-refractivity contribution >= 4 is 34.8 Å². The lowest BCUT2D eigenvalue weighted by molar-refractivity contribution is 0.193. The lowest BCUT2D eigenvalue weighted by Gasteiger charge is -2.13. The van der Waals surface area contributed by atoms with E-state index in [4.69, 9.17) is 39.5 Å². The number of hydrogen-bond donors (Lipinski definition) is 1. The Morgan fingerprint density at radius 3 is 2.81 bits per heavy atom. The van der Waals surface area contributed by atoms with Crippen molar-refractivity contribution in [2.24, 2.45) is 0 Å². The topological polar surface area (TPSA) is 29.5 Å². The van der Waals surface area contributed by atoms with Crippen molar-refractivity contribution in [3.8, 4) is 5.75 Å². The van der Waals surface area contributed by atoms with Crippen molar-refractivity contribution in [1.29, 1.82) is 0 Å². The van der Waals surface area contributed by atoms with E-state index < -0.39 is 6.10 Å². The first-order valence-corrected chi connectivity index (χ1v) is 5.79. The maximum absolute atomic E-state index is 9.54. The van der Waals surface area contributed by atoms with Crippen molar-refractivity contribution < 1.29 is 9.84 Å². The van der Waals surface area contributed by atoms with E-state index >= 15 is 0 Å². The first kappa shape index (κ1) is 13.7. The Kier molecular flexibility index (Phi) is 5.42. The summed E-state index contributed by atoms with van der Waals surface area (Å²) < 4.78 is 5.40. The van der Waals surface area contributed by atoms with E-state index in [2.05, 4.69) is 0 Å². The lowest BCUT2D eigenvalue weighted by Crippen LogP contribution is -2.02. The molecule has 5 heteroatoms. The third kappa shape index (κ3) is 3.87. The highest BCUT2D eigenvalue weighted by molar-refractivity contribution is 6.36. The number of rotatable bonds is 4. The summed E-state index contributed by atoms with van der Waals surface area (Å²) in [7, 11) is 0. The maximum atomic E-state index is 9.54. The summed E-state index contributed by atoms with van der Waals surface area (Å²) in [4.78, 5) is 0. The van der Waals surface area contributed by atoms with Crippen LogP contribution in [0.3, 0.4) is 0 Å². The first-order valence-electron chi connectivity index (χ1n) is 4.59. The van der Waals surface area contributed by atoms with Gasteiger partial charge in [0.15, 0.2) is 0 Å². The quantitative estimate of drug-likeness (QED) is 0.900. The molecule has 88 valence electrons. The molecular weight excluding hydrogens is 270 g/mol. The van der Waals surface area contributed by atoms with Crippen LogP contribution in [0.25, 0.3) is 0 Å². The molecule has 0 radical (unpaired) electrons. The third-order valence-electron chi connectivity index (χ3n) is 1.91. The second-order valence-electron chi connectivity index (χ2n) is 3.20. The van der Waals surface area contributed by atoms with Gasteiger partial charge in [0.2, 0.25) is 0 Å². The van der Waals surface area contributed by atoms with Gasteiger partial charge in [-0.05, 0) is 25.1 Å². The van der Waals surface area contributed by atoms with Crippen LogP contribution in [-0.2, 0) is 0 Å². The smallest absolute Gasteiger partial charge is 0.125 e. The highest BCUT2D eigenvalue weighted by atomic mass is 35.5. The van der Waals surface area contributed by atoms with Gasteiger partial charge in [0.25, 0.3) is 0 Å². The Bertz CT molecular complexity index is 389. The number of benzene rings is 1. The SMILES string of the molecule is CC(O)c1cc(Cl)ccc1OCC(Cl)=CCl. The molecule has 1 aromatic carbocycles. The minimum atomic E-state index is -0.660. The molecule has 0 aliphatic heterocycles. The highest BCUT2D eigenvalue weighted by Crippen LogP contribution is 2.28. The van der Waals surface area contributed by atoms with Crippen molar-refractivity contribution in [2.75, 3.05) is 6.61 Å². The predicted octanol–water partition coefficient (Wildman–Crippen LogP) is 4.09. The van der Waals surface area contributed by atoms with E-state index in [9.17, 15) is 5.11 Å². The van der Waals surface area contributed by atoms with Crippen LogP contribution in [0.2, 0.25) is 5.02 Å². The fraction of sp³-hybridized carbons (Fsp3) is 0.273. The molecule has 0 spiro atoms. The summed E-state index contributed by atoms with van der Waals surface area (Å²) in [6.07, 6.45) is -0.660. The standard InChI is InChI=1S/C11H11Cl3O2/c1-7(15)10-4-8(13)2-3-11(10)16-6-9(14)5-12/h2-5,7,15H,6H2,1H3. The van der Waals surface area contributed by atoms with Crippen LogP contribution in [0.15, 0.2) is 28.8 Å². The Hall–Kier alpha value is -0.410. The van der Waals surface area contributed by atoms with Crippen molar-refractivity contribution in [3.05, 3.63) is 39.4 Å². The monoisotopic (exact) mass is 280 g/mol. The lowest BCUT2D eigenvalue weighted by atomic mass is 10.1. The van der Waals surface area contributed by atoms with Gasteiger partial charge in [-0.1, -0.05) is 34.8 Å². The number of aliphatic hydroxyl groups is 1. The molecule has 0 heterocycles. The highest BCUT2D eigenvalue weighted by Gasteiger charge is 2.10. The molecule has 0 aromatic heterocycles. The van der Waals surface area contributed by atoms with E-state index in [1.165, 1.54) is 5.54 Å². The largest absolute Gasteiger partial charge is 0.488 e. The van der Waals surface area contributed by atoms with E-state index in [1.807, 2.05) is 0 Å². The zero-order valence-corrected chi connectivity index (χ0v) is 10.9. The molecule has 0 saturated carbocycles. The van der Waals surface area contributed by atoms with Crippen LogP contribution >= 0.6 is 34.8 Å². The third-order valence-corrected chi connectivity index (χ3v) is 2.73. The van der Waals surface area contributed by atoms with Gasteiger partial charge in [-0.25, -0.2) is 0 Å². The molecule has 16 heavy (non-hydrogen) atoms. The average molecular weight is 282 g/mol. The summed E-state index contributed by atoms with van der Waals surface area (Å²) >= 11 is 16.9. The molecule has 1 rings (SSSR count). The zero-order valence-electron chi connectivity index (χ0n) is 8.58. The fourth-order valence-corrected chi connectivity index (χ4v) is 1.45. The molecule has 0 fully saturated rings. The zero-order chi connectivity index (χ0) is 12.1. The summed E-state index contributed by atoms with van der Waals surface area (Å²) in [5.74, 6) is 0.538. The summed E-state index contributed by atoms with van der Waals surface area (Å²) in [6, 6.07) is 5.02. The number of halogens is 3. The van der Waals surface area contributed by atoms with Gasteiger partial charge in [-0.2, -0.15) is 0 Å². The second-order valence-corrected chi connectivity index (χ2v) is 4.34. The van der Waals surface area contributed by atoms with Gasteiger partial charge in [0, 0.05) is 16.1 Å². The van der Waals surface area contributed by atoms with Crippen molar-refractivity contribution in [3.63, 3.8) is 0 Å². The van der Waals surface area contributed by atoms with E-state index in [0.29, 0.717) is 21.4 Å². The Morgan fingerprint density at radius 1 is 1.56 bits per heavy atom. The predicted molar refractivity (Wildman–Crippen MR) is 67.4 cm³/mol. The molecular formula is C11H11Cl3O2. The van der Waals surface area contributed by atoms with Crippen LogP contribution < -0.4 is 4.74 Å². The van der Waals surface area contributed by atoms with Gasteiger partial charge in [-0.15, -0.1) is 0 Å². The normalized spacial score (nSPS) is 13.7. The van der Waals surface area contributed by atoms with Gasteiger partial charge in [-0.3, -0.25) is 0 Å². The molecule has 1 unspecified atom stereocenters. The molecule has 0 bridgehead atoms. The molecule has 1 N–H and O–H groups in total. The van der Waals surface area contributed by atoms with Gasteiger partial charge >= 0.3 is 0 Å². The first-order chi connectivity index (χ1) is 7.54. The molecule has 0 aliphatic rings. The van der Waals surface area contributed by atoms with Crippen LogP contribution in [0, 0.1) is 0 Å². The molecule has 0 amide bonds. The van der Waals surface area contributed by atoms with E-state index in [1.54, 1.807) is 25.1 Å². The Morgan fingerprint density at radius 2 is 2.25 bits per heavy atom. The van der Waals surface area contributed by atoms with Gasteiger partial charge < -0.3 is 9.84 Å². The molecule has 0 aliphatic carbocycles. The minimum Gasteiger partial charge on any atom is -0.488 e. The van der Waals surface area contributed by atoms with Crippen molar-refractivity contribution in [2.45, 2.75) is 13.0 Å². The summed E-state index contributed by atoms with van der Waals surface area (Å²) in [5.41, 5.74) is 1.85. The van der Waals surface area contributed by atoms with Crippen LogP contribution in [0.4, 0.5) is 0 Å². The molecule has 1 atom stereocenters. The summed E-state index contributed by atoms with van der Waals surface area (Å²) in [6.45, 7) is 1.80. The van der Waals surface area contributed by atoms with Crippen LogP contribution in [0.5, 0.6) is 5.75 Å². The van der Waals surface area contributed by atoms with Crippen LogP contribution in [0.1, 0.15) is 18.6 Å². The summed E-state index contributed by atoms with van der Waals surface area (Å²) in [5, 5.41) is 10.5. The van der Waals surface area contributed by atoms with E-state index in [0.717, 1.165) is 0 Å². The van der Waals surface area contributed by atoms with Gasteiger partial charge in [0.05, 0.1) is 11.1 Å². The van der Waals surface area contributed by atoms with Gasteiger partial charge in [0.1, 0.15) is 12.4 Å². The average Bonchev–Trinajstić information content (AvgIpc) is 2.26. The molecule has 2 nitrogen and oxygen atoms in total. The Balaban J connectivity index is 2.87. The number of hydrogen-bond acceptors (Lipinski definition) is 2. The van der Waals surface area contributed by atoms with Crippen LogP contribution in [-0.4, -0.2) is 11.7 Å². The number of aliphatic hydroxyl groups excluding tert-OH is 1. The fourth-order valence-electron chi connectivity index (χ4n) is 1.16. The molecule has 1 aromatic rings. The second kappa shape index (κ2) is 6.36. The maximum Gasteiger partial charge on any atom is 0.125 e. The van der Waals surface area contributed by atoms with E-state index in [-0.39, 0.29) is 6.61 Å². The molecule has 0 saturated heterocycles. The Labute approximate surface area is 109 Å².